The number of carbonyl (C=O) groups excluding carboxylic acids is 1. The van der Waals surface area contributed by atoms with Crippen molar-refractivity contribution in [2.75, 3.05) is 5.75 Å². The van der Waals surface area contributed by atoms with Crippen molar-refractivity contribution in [2.24, 2.45) is 0 Å². The number of nitrogens with zero attached hydrogens (tertiary/aromatic N) is 2. The number of hydrogen-bond acceptors (Lipinski definition) is 4. The van der Waals surface area contributed by atoms with Gasteiger partial charge in [-0.1, -0.05) is 53.2 Å². The summed E-state index contributed by atoms with van der Waals surface area (Å²) in [5.74, 6) is 0.362. The van der Waals surface area contributed by atoms with Crippen LogP contribution >= 0.6 is 23.4 Å². The topological polar surface area (TPSA) is 55.1 Å². The van der Waals surface area contributed by atoms with Crippen molar-refractivity contribution in [3.8, 4) is 22.7 Å². The van der Waals surface area contributed by atoms with Gasteiger partial charge in [0.15, 0.2) is 10.9 Å². The third-order valence-electron chi connectivity index (χ3n) is 4.65. The van der Waals surface area contributed by atoms with Crippen LogP contribution in [0.3, 0.4) is 0 Å². The number of rotatable bonds is 6. The smallest absolute Gasteiger partial charge is 0.173 e. The molecule has 4 aromatic rings. The highest BCUT2D eigenvalue weighted by molar-refractivity contribution is 7.99. The number of phenolic OH excluding ortho intramolecular Hbond substituents is 1. The molecule has 0 aliphatic carbocycles. The van der Waals surface area contributed by atoms with Crippen molar-refractivity contribution in [1.29, 1.82) is 0 Å². The number of Topliss-reactive ketones (excluding diaryl/α,β-unsaturated/α-hetero) is 1. The van der Waals surface area contributed by atoms with Gasteiger partial charge in [0.1, 0.15) is 5.75 Å². The molecule has 0 bridgehead atoms. The number of imidazole rings is 1. The fourth-order valence-electron chi connectivity index (χ4n) is 2.98. The van der Waals surface area contributed by atoms with E-state index in [0.29, 0.717) is 10.6 Å². The quantitative estimate of drug-likeness (QED) is 0.290. The minimum absolute atomic E-state index is 0.0218. The van der Waals surface area contributed by atoms with Crippen LogP contribution in [0.25, 0.3) is 16.9 Å². The predicted octanol–water partition coefficient (Wildman–Crippen LogP) is 6.18. The Morgan fingerprint density at radius 3 is 2.33 bits per heavy atom. The lowest BCUT2D eigenvalue weighted by Crippen LogP contribution is -2.04. The van der Waals surface area contributed by atoms with Crippen LogP contribution in [0.4, 0.5) is 0 Å². The Hall–Kier alpha value is -3.02. The molecular weight excluding hydrogens is 416 g/mol. The lowest BCUT2D eigenvalue weighted by atomic mass is 10.1. The molecule has 150 valence electrons. The van der Waals surface area contributed by atoms with E-state index in [1.54, 1.807) is 12.1 Å². The first kappa shape index (κ1) is 20.3. The number of aromatic nitrogens is 2. The average molecular weight is 435 g/mol. The van der Waals surface area contributed by atoms with E-state index < -0.39 is 0 Å². The van der Waals surface area contributed by atoms with Gasteiger partial charge in [0, 0.05) is 28.0 Å². The Kier molecular flexibility index (Phi) is 5.93. The summed E-state index contributed by atoms with van der Waals surface area (Å²) < 4.78 is 2.00. The fraction of sp³-hybridized carbons (Fsp3) is 0.0833. The number of thioether (sulfide) groups is 1. The Morgan fingerprint density at radius 1 is 1.00 bits per heavy atom. The number of carbonyl (C=O) groups is 1. The van der Waals surface area contributed by atoms with Gasteiger partial charge in [-0.2, -0.15) is 0 Å². The second-order valence-electron chi connectivity index (χ2n) is 6.88. The van der Waals surface area contributed by atoms with E-state index in [9.17, 15) is 9.90 Å². The Morgan fingerprint density at radius 2 is 1.67 bits per heavy atom. The van der Waals surface area contributed by atoms with Crippen LogP contribution in [-0.2, 0) is 0 Å². The minimum atomic E-state index is -0.0218. The highest BCUT2D eigenvalue weighted by Crippen LogP contribution is 2.29. The van der Waals surface area contributed by atoms with E-state index in [-0.39, 0.29) is 17.3 Å². The molecule has 6 heteroatoms. The SMILES string of the molecule is Cc1ccc(-n2cc(-c3ccc(Cl)cc3)nc2SCC(=O)c2ccc(O)cc2)cc1. The first-order valence-electron chi connectivity index (χ1n) is 9.37. The first-order valence-corrected chi connectivity index (χ1v) is 10.7. The van der Waals surface area contributed by atoms with E-state index in [1.165, 1.54) is 29.5 Å². The monoisotopic (exact) mass is 434 g/mol. The van der Waals surface area contributed by atoms with Crippen molar-refractivity contribution in [3.05, 3.63) is 95.1 Å². The van der Waals surface area contributed by atoms with Gasteiger partial charge in [0.25, 0.3) is 0 Å². The zero-order valence-corrected chi connectivity index (χ0v) is 17.8. The molecule has 0 saturated carbocycles. The van der Waals surface area contributed by atoms with Crippen LogP contribution in [0.1, 0.15) is 15.9 Å². The van der Waals surface area contributed by atoms with Gasteiger partial charge in [-0.3, -0.25) is 9.36 Å². The molecule has 0 spiro atoms. The largest absolute Gasteiger partial charge is 0.508 e. The third kappa shape index (κ3) is 4.58. The van der Waals surface area contributed by atoms with Gasteiger partial charge in [-0.05, 0) is 55.5 Å². The van der Waals surface area contributed by atoms with Crippen molar-refractivity contribution in [3.63, 3.8) is 0 Å². The van der Waals surface area contributed by atoms with Crippen molar-refractivity contribution in [2.45, 2.75) is 12.1 Å². The van der Waals surface area contributed by atoms with Crippen molar-refractivity contribution >= 4 is 29.1 Å². The highest BCUT2D eigenvalue weighted by atomic mass is 35.5. The fourth-order valence-corrected chi connectivity index (χ4v) is 3.99. The van der Waals surface area contributed by atoms with Crippen LogP contribution in [0.5, 0.6) is 5.75 Å². The van der Waals surface area contributed by atoms with E-state index in [0.717, 1.165) is 22.1 Å². The molecule has 0 fully saturated rings. The van der Waals surface area contributed by atoms with Crippen molar-refractivity contribution < 1.29 is 9.90 Å². The number of phenols is 1. The van der Waals surface area contributed by atoms with Gasteiger partial charge >= 0.3 is 0 Å². The van der Waals surface area contributed by atoms with Crippen LogP contribution in [0, 0.1) is 6.92 Å². The van der Waals surface area contributed by atoms with Gasteiger partial charge in [0.05, 0.1) is 11.4 Å². The van der Waals surface area contributed by atoms with Gasteiger partial charge in [-0.25, -0.2) is 4.98 Å². The van der Waals surface area contributed by atoms with Crippen LogP contribution in [0.15, 0.2) is 84.1 Å². The maximum Gasteiger partial charge on any atom is 0.173 e. The molecule has 0 saturated heterocycles. The molecule has 0 aliphatic rings. The summed E-state index contributed by atoms with van der Waals surface area (Å²) >= 11 is 7.40. The van der Waals surface area contributed by atoms with E-state index in [4.69, 9.17) is 16.6 Å². The minimum Gasteiger partial charge on any atom is -0.508 e. The Labute approximate surface area is 184 Å². The summed E-state index contributed by atoms with van der Waals surface area (Å²) in [4.78, 5) is 17.4. The summed E-state index contributed by atoms with van der Waals surface area (Å²) in [7, 11) is 0. The highest BCUT2D eigenvalue weighted by Gasteiger charge is 2.15. The maximum absolute atomic E-state index is 12.6. The number of benzene rings is 3. The molecule has 4 rings (SSSR count). The molecule has 3 aromatic carbocycles. The molecule has 0 amide bonds. The lowest BCUT2D eigenvalue weighted by Gasteiger charge is -2.07. The van der Waals surface area contributed by atoms with E-state index >= 15 is 0 Å². The molecule has 1 N–H and O–H groups in total. The average Bonchev–Trinajstić information content (AvgIpc) is 3.18. The molecule has 1 heterocycles. The second-order valence-corrected chi connectivity index (χ2v) is 8.26. The molecule has 4 nitrogen and oxygen atoms in total. The van der Waals surface area contributed by atoms with Crippen LogP contribution < -0.4 is 0 Å². The van der Waals surface area contributed by atoms with Crippen LogP contribution in [-0.4, -0.2) is 26.2 Å². The molecule has 0 atom stereocenters. The summed E-state index contributed by atoms with van der Waals surface area (Å²) in [6, 6.07) is 22.0. The summed E-state index contributed by atoms with van der Waals surface area (Å²) in [5.41, 5.74) is 4.48. The number of hydrogen-bond donors (Lipinski definition) is 1. The standard InChI is InChI=1S/C24H19ClN2O2S/c1-16-2-10-20(11-3-16)27-14-22(17-4-8-19(25)9-5-17)26-24(27)30-15-23(29)18-6-12-21(28)13-7-18/h2-14,28H,15H2,1H3. The maximum atomic E-state index is 12.6. The number of ketones is 1. The number of aryl methyl sites for hydroxylation is 1. The molecule has 0 radical (unpaired) electrons. The lowest BCUT2D eigenvalue weighted by molar-refractivity contribution is 0.102. The third-order valence-corrected chi connectivity index (χ3v) is 5.85. The van der Waals surface area contributed by atoms with Gasteiger partial charge < -0.3 is 5.11 Å². The molecule has 1 aromatic heterocycles. The van der Waals surface area contributed by atoms with Crippen molar-refractivity contribution in [1.82, 2.24) is 9.55 Å². The zero-order valence-electron chi connectivity index (χ0n) is 16.2. The Balaban J connectivity index is 1.64. The molecule has 0 aliphatic heterocycles. The molecular formula is C24H19ClN2O2S. The van der Waals surface area contributed by atoms with Crippen LogP contribution in [0.2, 0.25) is 5.02 Å². The number of halogens is 1. The molecule has 0 unspecified atom stereocenters. The first-order chi connectivity index (χ1) is 14.5. The Bertz CT molecular complexity index is 1170. The predicted molar refractivity (Wildman–Crippen MR) is 122 cm³/mol. The van der Waals surface area contributed by atoms with Gasteiger partial charge in [-0.15, -0.1) is 0 Å². The second kappa shape index (κ2) is 8.78. The van der Waals surface area contributed by atoms with E-state index in [1.807, 2.05) is 66.2 Å². The van der Waals surface area contributed by atoms with Gasteiger partial charge in [0.2, 0.25) is 0 Å². The number of aromatic hydroxyl groups is 1. The summed E-state index contributed by atoms with van der Waals surface area (Å²) in [5, 5.41) is 10.8. The summed E-state index contributed by atoms with van der Waals surface area (Å²) in [6.45, 7) is 2.04. The summed E-state index contributed by atoms with van der Waals surface area (Å²) in [6.07, 6.45) is 1.97. The molecule has 30 heavy (non-hydrogen) atoms. The van der Waals surface area contributed by atoms with E-state index in [2.05, 4.69) is 0 Å². The zero-order chi connectivity index (χ0) is 21.1. The normalized spacial score (nSPS) is 10.9.